The summed E-state index contributed by atoms with van der Waals surface area (Å²) in [5.41, 5.74) is 1.38. The number of halogens is 6. The van der Waals surface area contributed by atoms with Crippen LogP contribution in [0, 0.1) is 0 Å². The van der Waals surface area contributed by atoms with E-state index in [-0.39, 0.29) is 0 Å². The molecule has 0 aliphatic carbocycles. The van der Waals surface area contributed by atoms with Gasteiger partial charge in [-0.15, -0.1) is 0 Å². The van der Waals surface area contributed by atoms with Crippen molar-refractivity contribution in [2.45, 2.75) is 41.5 Å². The van der Waals surface area contributed by atoms with Gasteiger partial charge in [0.25, 0.3) is 0 Å². The second kappa shape index (κ2) is 15.5. The molecule has 3 N–H and O–H groups in total. The number of fused-ring (bicyclic) bond motifs is 1. The third-order valence-corrected chi connectivity index (χ3v) is 6.63. The molecule has 0 atom stereocenters. The predicted molar refractivity (Wildman–Crippen MR) is 139 cm³/mol. The molecule has 0 unspecified atom stereocenters. The summed E-state index contributed by atoms with van der Waals surface area (Å²) in [5, 5.41) is 20.5. The zero-order valence-electron chi connectivity index (χ0n) is 21.1. The lowest BCUT2D eigenvalue weighted by molar-refractivity contribution is -0.193. The predicted octanol–water partition coefficient (Wildman–Crippen LogP) is 6.44. The average Bonchev–Trinajstić information content (AvgIpc) is 3.41. The number of rotatable bonds is 7. The van der Waals surface area contributed by atoms with Gasteiger partial charge in [0.15, 0.2) is 0 Å². The average molecular weight is 591 g/mol. The topological polar surface area (TPSA) is 89.9 Å². The Balaban J connectivity index is 0.000000333. The van der Waals surface area contributed by atoms with E-state index >= 15 is 0 Å². The van der Waals surface area contributed by atoms with Crippen LogP contribution < -0.4 is 5.32 Å². The highest BCUT2D eigenvalue weighted by Gasteiger charge is 2.38. The van der Waals surface area contributed by atoms with E-state index in [0.29, 0.717) is 0 Å². The highest BCUT2D eigenvalue weighted by atomic mass is 32.2. The molecule has 0 radical (unpaired) electrons. The van der Waals surface area contributed by atoms with E-state index in [1.807, 2.05) is 11.8 Å². The third-order valence-electron chi connectivity index (χ3n) is 5.53. The molecule has 0 spiro atoms. The molecule has 0 aromatic heterocycles. The first-order valence-corrected chi connectivity index (χ1v) is 12.9. The minimum absolute atomic E-state index is 0.935. The summed E-state index contributed by atoms with van der Waals surface area (Å²) < 4.78 is 63.5. The maximum absolute atomic E-state index is 10.6. The van der Waals surface area contributed by atoms with Crippen LogP contribution in [0.1, 0.15) is 18.4 Å². The zero-order valence-corrected chi connectivity index (χ0v) is 22.0. The fraction of sp³-hybridized carbons (Fsp3) is 0.333. The van der Waals surface area contributed by atoms with Gasteiger partial charge in [0.05, 0.1) is 0 Å². The fourth-order valence-corrected chi connectivity index (χ4v) is 4.57. The van der Waals surface area contributed by atoms with Crippen molar-refractivity contribution in [3.05, 3.63) is 72.3 Å². The Kier molecular flexibility index (Phi) is 12.7. The third kappa shape index (κ3) is 11.8. The number of hydrogen-bond acceptors (Lipinski definition) is 5. The molecule has 1 aliphatic rings. The van der Waals surface area contributed by atoms with Crippen molar-refractivity contribution < 1.29 is 46.1 Å². The number of alkyl halides is 6. The number of nitrogens with one attached hydrogen (secondary N) is 1. The highest BCUT2D eigenvalue weighted by molar-refractivity contribution is 7.99. The lowest BCUT2D eigenvalue weighted by atomic mass is 10.1. The van der Waals surface area contributed by atoms with Gasteiger partial charge in [-0.3, -0.25) is 0 Å². The van der Waals surface area contributed by atoms with Gasteiger partial charge in [-0.25, -0.2) is 9.59 Å². The minimum Gasteiger partial charge on any atom is -0.475 e. The van der Waals surface area contributed by atoms with Crippen molar-refractivity contribution in [3.8, 4) is 0 Å². The molecule has 3 aromatic rings. The summed E-state index contributed by atoms with van der Waals surface area (Å²) in [6.45, 7) is 5.71. The van der Waals surface area contributed by atoms with Gasteiger partial charge in [0, 0.05) is 29.4 Å². The molecule has 218 valence electrons. The molecule has 1 aliphatic heterocycles. The summed E-state index contributed by atoms with van der Waals surface area (Å²) in [7, 11) is 0. The second-order valence-electron chi connectivity index (χ2n) is 8.55. The SMILES string of the molecule is O=C(O)C(F)(F)F.O=C(O)C(F)(F)F.c1ccc(Sc2ccc3ccccc3c2)c(CNCCN2CCCC2)c1. The Hall–Kier alpha value is -3.29. The van der Waals surface area contributed by atoms with Crippen LogP contribution in [0.25, 0.3) is 10.8 Å². The van der Waals surface area contributed by atoms with Crippen LogP contribution in [0.15, 0.2) is 76.5 Å². The molecule has 1 heterocycles. The van der Waals surface area contributed by atoms with Crippen LogP contribution >= 0.6 is 11.8 Å². The number of benzene rings is 3. The molecule has 0 saturated carbocycles. The number of aliphatic carboxylic acids is 2. The standard InChI is InChI=1S/C23H26N2S.2C2HF3O2/c1-2-8-20-17-22(12-11-19(20)7-1)26-23-10-4-3-9-21(23)18-24-13-16-25-14-5-6-15-25;2*3-2(4,5)1(6)7/h1-4,7-12,17,24H,5-6,13-16,18H2;2*(H,6,7). The Morgan fingerprint density at radius 3 is 1.90 bits per heavy atom. The maximum Gasteiger partial charge on any atom is 0.490 e. The van der Waals surface area contributed by atoms with E-state index in [1.165, 1.54) is 58.6 Å². The summed E-state index contributed by atoms with van der Waals surface area (Å²) in [6, 6.07) is 24.0. The normalized spacial score (nSPS) is 13.7. The van der Waals surface area contributed by atoms with Crippen LogP contribution in [0.5, 0.6) is 0 Å². The van der Waals surface area contributed by atoms with Gasteiger partial charge in [0.1, 0.15) is 0 Å². The van der Waals surface area contributed by atoms with Crippen molar-refractivity contribution in [1.29, 1.82) is 0 Å². The van der Waals surface area contributed by atoms with Crippen molar-refractivity contribution in [1.82, 2.24) is 10.2 Å². The monoisotopic (exact) mass is 590 g/mol. The fourth-order valence-electron chi connectivity index (χ4n) is 3.57. The van der Waals surface area contributed by atoms with Gasteiger partial charge >= 0.3 is 24.3 Å². The molecular formula is C27H28F6N2O4S. The van der Waals surface area contributed by atoms with E-state index in [9.17, 15) is 26.3 Å². The molecule has 1 fully saturated rings. The first-order chi connectivity index (χ1) is 18.8. The quantitative estimate of drug-likeness (QED) is 0.216. The first kappa shape index (κ1) is 32.9. The molecular weight excluding hydrogens is 562 g/mol. The summed E-state index contributed by atoms with van der Waals surface area (Å²) in [4.78, 5) is 23.0. The second-order valence-corrected chi connectivity index (χ2v) is 9.67. The Morgan fingerprint density at radius 2 is 1.32 bits per heavy atom. The number of hydrogen-bond donors (Lipinski definition) is 3. The van der Waals surface area contributed by atoms with Crippen LogP contribution in [0.3, 0.4) is 0 Å². The number of nitrogens with zero attached hydrogens (tertiary/aromatic N) is 1. The molecule has 1 saturated heterocycles. The Morgan fingerprint density at radius 1 is 0.800 bits per heavy atom. The molecule has 3 aromatic carbocycles. The largest absolute Gasteiger partial charge is 0.490 e. The van der Waals surface area contributed by atoms with Crippen LogP contribution in [0.4, 0.5) is 26.3 Å². The molecule has 13 heteroatoms. The van der Waals surface area contributed by atoms with Gasteiger partial charge in [-0.1, -0.05) is 60.3 Å². The van der Waals surface area contributed by atoms with E-state index in [4.69, 9.17) is 19.8 Å². The zero-order chi connectivity index (χ0) is 29.8. The lowest BCUT2D eigenvalue weighted by Crippen LogP contribution is -2.29. The van der Waals surface area contributed by atoms with Gasteiger partial charge in [-0.2, -0.15) is 26.3 Å². The van der Waals surface area contributed by atoms with Crippen molar-refractivity contribution >= 4 is 34.5 Å². The van der Waals surface area contributed by atoms with E-state index in [1.54, 1.807) is 0 Å². The maximum atomic E-state index is 10.6. The van der Waals surface area contributed by atoms with Gasteiger partial charge in [-0.05, 0) is 60.5 Å². The lowest BCUT2D eigenvalue weighted by Gasteiger charge is -2.15. The first-order valence-electron chi connectivity index (χ1n) is 12.0. The summed E-state index contributed by atoms with van der Waals surface area (Å²) >= 11 is 1.86. The summed E-state index contributed by atoms with van der Waals surface area (Å²) in [5.74, 6) is -5.51. The molecule has 0 bridgehead atoms. The summed E-state index contributed by atoms with van der Waals surface area (Å²) in [6.07, 6.45) is -7.43. The van der Waals surface area contributed by atoms with Crippen LogP contribution in [-0.2, 0) is 16.1 Å². The van der Waals surface area contributed by atoms with Crippen molar-refractivity contribution in [2.24, 2.45) is 0 Å². The number of likely N-dealkylation sites (tertiary alicyclic amines) is 1. The smallest absolute Gasteiger partial charge is 0.475 e. The van der Waals surface area contributed by atoms with E-state index in [2.05, 4.69) is 76.9 Å². The van der Waals surface area contributed by atoms with Crippen molar-refractivity contribution in [2.75, 3.05) is 26.2 Å². The Labute approximate surface area is 231 Å². The Bertz CT molecular complexity index is 1220. The van der Waals surface area contributed by atoms with Crippen molar-refractivity contribution in [3.63, 3.8) is 0 Å². The number of carbonyl (C=O) groups is 2. The van der Waals surface area contributed by atoms with Gasteiger partial charge < -0.3 is 20.4 Å². The molecule has 40 heavy (non-hydrogen) atoms. The van der Waals surface area contributed by atoms with Crippen LogP contribution in [0.2, 0.25) is 0 Å². The minimum atomic E-state index is -5.08. The highest BCUT2D eigenvalue weighted by Crippen LogP contribution is 2.32. The number of carboxylic acid groups (broad SMARTS) is 2. The molecule has 0 amide bonds. The van der Waals surface area contributed by atoms with Gasteiger partial charge in [0.2, 0.25) is 0 Å². The molecule has 4 rings (SSSR count). The molecule has 6 nitrogen and oxygen atoms in total. The number of carboxylic acids is 2. The van der Waals surface area contributed by atoms with Crippen LogP contribution in [-0.4, -0.2) is 65.6 Å². The van der Waals surface area contributed by atoms with E-state index < -0.39 is 24.3 Å². The van der Waals surface area contributed by atoms with E-state index in [0.717, 1.165) is 13.1 Å².